The molecule has 1 aromatic carbocycles. The van der Waals surface area contributed by atoms with Crippen LogP contribution in [0.1, 0.15) is 78.7 Å². The summed E-state index contributed by atoms with van der Waals surface area (Å²) in [7, 11) is 0. The first-order valence-electron chi connectivity index (χ1n) is 11.9. The van der Waals surface area contributed by atoms with Crippen molar-refractivity contribution in [2.24, 2.45) is 5.92 Å². The highest BCUT2D eigenvalue weighted by molar-refractivity contribution is 5.75. The summed E-state index contributed by atoms with van der Waals surface area (Å²) < 4.78 is 27.4. The molecule has 1 aliphatic rings. The van der Waals surface area contributed by atoms with E-state index in [1.807, 2.05) is 32.9 Å². The van der Waals surface area contributed by atoms with Gasteiger partial charge >= 0.3 is 0 Å². The van der Waals surface area contributed by atoms with E-state index < -0.39 is 11.6 Å². The number of benzene rings is 1. The van der Waals surface area contributed by atoms with E-state index in [1.165, 1.54) is 50.3 Å². The Morgan fingerprint density at radius 1 is 1.12 bits per heavy atom. The largest absolute Gasteiger partial charge is 0.206 e. The van der Waals surface area contributed by atoms with E-state index in [9.17, 15) is 8.78 Å². The Morgan fingerprint density at radius 3 is 2.34 bits per heavy atom. The third kappa shape index (κ3) is 8.57. The lowest BCUT2D eigenvalue weighted by Crippen LogP contribution is -2.10. The van der Waals surface area contributed by atoms with Crippen LogP contribution >= 0.6 is 0 Å². The molecule has 0 amide bonds. The van der Waals surface area contributed by atoms with Crippen molar-refractivity contribution in [1.29, 1.82) is 0 Å². The van der Waals surface area contributed by atoms with Crippen LogP contribution in [-0.2, 0) is 0 Å². The van der Waals surface area contributed by atoms with Gasteiger partial charge in [-0.05, 0) is 81.6 Å². The normalized spacial score (nSPS) is 17.7. The molecule has 2 rings (SSSR count). The molecule has 0 fully saturated rings. The molecule has 1 atom stereocenters. The third-order valence-corrected chi connectivity index (χ3v) is 5.91. The lowest BCUT2D eigenvalue weighted by molar-refractivity contribution is 0.476. The van der Waals surface area contributed by atoms with Gasteiger partial charge in [0.25, 0.3) is 0 Å². The molecule has 2 heteroatoms. The molecule has 0 heterocycles. The van der Waals surface area contributed by atoms with Gasteiger partial charge in [-0.25, -0.2) is 8.78 Å². The van der Waals surface area contributed by atoms with Crippen molar-refractivity contribution in [1.82, 2.24) is 0 Å². The average molecular weight is 439 g/mol. The van der Waals surface area contributed by atoms with Crippen LogP contribution < -0.4 is 0 Å². The molecule has 0 radical (unpaired) electrons. The maximum Gasteiger partial charge on any atom is 0.133 e. The lowest BCUT2D eigenvalue weighted by atomic mass is 9.80. The summed E-state index contributed by atoms with van der Waals surface area (Å²) in [6.45, 7) is 14.2. The summed E-state index contributed by atoms with van der Waals surface area (Å²) in [6.07, 6.45) is 20.8. The zero-order valence-corrected chi connectivity index (χ0v) is 20.6. The molecule has 0 nitrogen and oxygen atoms in total. The highest BCUT2D eigenvalue weighted by atomic mass is 19.1. The Kier molecular flexibility index (Phi) is 13.2. The van der Waals surface area contributed by atoms with E-state index in [0.29, 0.717) is 5.57 Å². The minimum Gasteiger partial charge on any atom is -0.206 e. The van der Waals surface area contributed by atoms with Gasteiger partial charge in [-0.1, -0.05) is 87.1 Å². The summed E-state index contributed by atoms with van der Waals surface area (Å²) in [5.41, 5.74) is 4.99. The fourth-order valence-electron chi connectivity index (χ4n) is 4.00. The standard InChI is InChI=1S/C16H18F2.C14H22/c1-4-7-13(11-10-12(3)5-2)16-14(17)8-6-9-15(16)18;1-4-7-9-13-11-8-10-12(5-2)14(13)6-3/h4,6-11H,5H2,1-3H3;4,7,9,12H,1,5-6,8,10-11H2,2-3H3/b7-4-,12-10+,13-11+;9-7-. The smallest absolute Gasteiger partial charge is 0.133 e. The van der Waals surface area contributed by atoms with Crippen LogP contribution in [0.15, 0.2) is 84.0 Å². The Labute approximate surface area is 194 Å². The predicted octanol–water partition coefficient (Wildman–Crippen LogP) is 9.93. The van der Waals surface area contributed by atoms with Crippen LogP contribution in [0.3, 0.4) is 0 Å². The molecule has 0 N–H and O–H groups in total. The first-order valence-corrected chi connectivity index (χ1v) is 11.9. The van der Waals surface area contributed by atoms with E-state index >= 15 is 0 Å². The minimum absolute atomic E-state index is 0.0238. The lowest BCUT2D eigenvalue weighted by Gasteiger charge is -2.26. The van der Waals surface area contributed by atoms with Crippen molar-refractivity contribution < 1.29 is 8.78 Å². The highest BCUT2D eigenvalue weighted by Gasteiger charge is 2.18. The van der Waals surface area contributed by atoms with Crippen LogP contribution in [-0.4, -0.2) is 0 Å². The first kappa shape index (κ1) is 27.6. The first-order chi connectivity index (χ1) is 15.4. The Bertz CT molecular complexity index is 858. The molecule has 0 aromatic heterocycles. The molecule has 0 bridgehead atoms. The Balaban J connectivity index is 0.000000330. The van der Waals surface area contributed by atoms with Crippen LogP contribution in [0.4, 0.5) is 8.78 Å². The summed E-state index contributed by atoms with van der Waals surface area (Å²) in [5, 5.41) is 0. The minimum atomic E-state index is -0.540. The van der Waals surface area contributed by atoms with Crippen molar-refractivity contribution >= 4 is 5.57 Å². The van der Waals surface area contributed by atoms with Crippen LogP contribution in [0.25, 0.3) is 5.57 Å². The van der Waals surface area contributed by atoms with Crippen molar-refractivity contribution in [2.45, 2.75) is 73.1 Å². The summed E-state index contributed by atoms with van der Waals surface area (Å²) in [5.74, 6) is -0.234. The summed E-state index contributed by atoms with van der Waals surface area (Å²) >= 11 is 0. The zero-order chi connectivity index (χ0) is 23.9. The van der Waals surface area contributed by atoms with Crippen LogP contribution in [0.2, 0.25) is 0 Å². The van der Waals surface area contributed by atoms with Crippen LogP contribution in [0, 0.1) is 17.6 Å². The topological polar surface area (TPSA) is 0 Å². The van der Waals surface area contributed by atoms with Gasteiger partial charge in [0, 0.05) is 0 Å². The van der Waals surface area contributed by atoms with Gasteiger partial charge in [0.15, 0.2) is 0 Å². The molecule has 32 heavy (non-hydrogen) atoms. The highest BCUT2D eigenvalue weighted by Crippen LogP contribution is 2.34. The second kappa shape index (κ2) is 15.3. The maximum atomic E-state index is 13.7. The van der Waals surface area contributed by atoms with Gasteiger partial charge in [0.1, 0.15) is 11.6 Å². The van der Waals surface area contributed by atoms with Gasteiger partial charge in [-0.15, -0.1) is 0 Å². The van der Waals surface area contributed by atoms with Crippen molar-refractivity contribution in [3.63, 3.8) is 0 Å². The molecule has 1 unspecified atom stereocenters. The number of rotatable bonds is 8. The zero-order valence-electron chi connectivity index (χ0n) is 20.6. The number of allylic oxidation sites excluding steroid dienone is 11. The van der Waals surface area contributed by atoms with Crippen molar-refractivity contribution in [3.05, 3.63) is 101 Å². The molecular formula is C30H40F2. The molecule has 0 saturated carbocycles. The van der Waals surface area contributed by atoms with Gasteiger partial charge in [0.05, 0.1) is 5.56 Å². The second-order valence-corrected chi connectivity index (χ2v) is 8.08. The molecular weight excluding hydrogens is 398 g/mol. The van der Waals surface area contributed by atoms with E-state index in [2.05, 4.69) is 32.6 Å². The molecule has 0 aliphatic heterocycles. The van der Waals surface area contributed by atoms with E-state index in [4.69, 9.17) is 0 Å². The Morgan fingerprint density at radius 2 is 1.81 bits per heavy atom. The summed E-state index contributed by atoms with van der Waals surface area (Å²) in [6, 6.07) is 3.91. The monoisotopic (exact) mass is 438 g/mol. The quantitative estimate of drug-likeness (QED) is 0.354. The molecule has 1 aromatic rings. The predicted molar refractivity (Wildman–Crippen MR) is 137 cm³/mol. The SMILES string of the molecule is C=C/C=C\C1=C(CC)C(CC)CCC1.C\C=C/C(=C\C=C(/C)CC)c1c(F)cccc1F. The number of hydrogen-bond donors (Lipinski definition) is 0. The van der Waals surface area contributed by atoms with Gasteiger partial charge in [0.2, 0.25) is 0 Å². The number of halogens is 2. The Hall–Kier alpha value is -2.48. The van der Waals surface area contributed by atoms with Gasteiger partial charge in [-0.2, -0.15) is 0 Å². The molecule has 1 aliphatic carbocycles. The molecule has 0 spiro atoms. The van der Waals surface area contributed by atoms with Gasteiger partial charge in [-0.3, -0.25) is 0 Å². The summed E-state index contributed by atoms with van der Waals surface area (Å²) in [4.78, 5) is 0. The van der Waals surface area contributed by atoms with Gasteiger partial charge < -0.3 is 0 Å². The van der Waals surface area contributed by atoms with Crippen LogP contribution in [0.5, 0.6) is 0 Å². The molecule has 174 valence electrons. The third-order valence-electron chi connectivity index (χ3n) is 5.91. The van der Waals surface area contributed by atoms with E-state index in [-0.39, 0.29) is 5.56 Å². The fraction of sp³-hybridized carbons (Fsp3) is 0.400. The van der Waals surface area contributed by atoms with Crippen molar-refractivity contribution in [3.8, 4) is 0 Å². The fourth-order valence-corrected chi connectivity index (χ4v) is 4.00. The second-order valence-electron chi connectivity index (χ2n) is 8.08. The van der Waals surface area contributed by atoms with Crippen molar-refractivity contribution in [2.75, 3.05) is 0 Å². The maximum absolute atomic E-state index is 13.7. The number of hydrogen-bond acceptors (Lipinski definition) is 0. The van der Waals surface area contributed by atoms with E-state index in [1.54, 1.807) is 29.4 Å². The average Bonchev–Trinajstić information content (AvgIpc) is 2.80. The van der Waals surface area contributed by atoms with E-state index in [0.717, 1.165) is 17.9 Å². The molecule has 0 saturated heterocycles.